The Morgan fingerprint density at radius 2 is 0.971 bits per heavy atom. The normalized spacial score (nSPS) is 11.6. The molecule has 0 atom stereocenters. The summed E-state index contributed by atoms with van der Waals surface area (Å²) in [6.45, 7) is 0. The zero-order valence-electron chi connectivity index (χ0n) is 18.3. The summed E-state index contributed by atoms with van der Waals surface area (Å²) in [5.41, 5.74) is 9.29. The number of benzene rings is 6. The van der Waals surface area contributed by atoms with Crippen LogP contribution in [0.15, 0.2) is 114 Å². The smallest absolute Gasteiger partial charge is 0.177 e. The second kappa shape index (κ2) is 7.19. The van der Waals surface area contributed by atoms with Gasteiger partial charge in [-0.1, -0.05) is 90.1 Å². The molecule has 1 aromatic heterocycles. The van der Waals surface area contributed by atoms with E-state index >= 15 is 0 Å². The van der Waals surface area contributed by atoms with Gasteiger partial charge in [0, 0.05) is 5.56 Å². The van der Waals surface area contributed by atoms with Crippen LogP contribution in [0.25, 0.3) is 65.5 Å². The van der Waals surface area contributed by atoms with E-state index in [9.17, 15) is 0 Å². The van der Waals surface area contributed by atoms with E-state index in [0.717, 1.165) is 38.2 Å². The number of nitrogen functional groups attached to an aromatic ring is 1. The molecular weight excluding hydrogens is 416 g/mol. The van der Waals surface area contributed by atoms with Crippen LogP contribution < -0.4 is 5.73 Å². The van der Waals surface area contributed by atoms with E-state index in [1.165, 1.54) is 21.5 Å². The zero-order chi connectivity index (χ0) is 22.6. The molecule has 0 aliphatic carbocycles. The lowest BCUT2D eigenvalue weighted by Gasteiger charge is -2.11. The predicted octanol–water partition coefficient (Wildman–Crippen LogP) is 8.20. The highest BCUT2D eigenvalue weighted by Crippen LogP contribution is 2.43. The quantitative estimate of drug-likeness (QED) is 0.278. The standard InChI is InChI=1S/C31H20N2O/c32-31-29(25-13-5-11-23-15-19-7-1-3-9-21(19)17-27(23)25)30(34-33-31)26-14-6-12-24-16-20-8-2-4-10-22(20)18-28(24)26/h1-18H,(H2,32,33). The summed E-state index contributed by atoms with van der Waals surface area (Å²) in [5, 5.41) is 13.6. The van der Waals surface area contributed by atoms with Crippen LogP contribution >= 0.6 is 0 Å². The van der Waals surface area contributed by atoms with Gasteiger partial charge >= 0.3 is 0 Å². The largest absolute Gasteiger partial charge is 0.380 e. The van der Waals surface area contributed by atoms with Crippen molar-refractivity contribution >= 4 is 48.9 Å². The van der Waals surface area contributed by atoms with Crippen LogP contribution in [-0.2, 0) is 0 Å². The van der Waals surface area contributed by atoms with E-state index in [4.69, 9.17) is 10.3 Å². The molecule has 2 N–H and O–H groups in total. The van der Waals surface area contributed by atoms with Gasteiger partial charge in [-0.2, -0.15) is 0 Å². The molecule has 3 heteroatoms. The Morgan fingerprint density at radius 1 is 0.500 bits per heavy atom. The van der Waals surface area contributed by atoms with Gasteiger partial charge in [-0.05, 0) is 72.9 Å². The summed E-state index contributed by atoms with van der Waals surface area (Å²) < 4.78 is 5.92. The second-order valence-corrected chi connectivity index (χ2v) is 8.72. The summed E-state index contributed by atoms with van der Waals surface area (Å²) in [5.74, 6) is 1.09. The highest BCUT2D eigenvalue weighted by Gasteiger charge is 2.21. The van der Waals surface area contributed by atoms with Crippen LogP contribution in [0.4, 0.5) is 5.82 Å². The number of nitrogens with zero attached hydrogens (tertiary/aromatic N) is 1. The lowest BCUT2D eigenvalue weighted by molar-refractivity contribution is 0.436. The van der Waals surface area contributed by atoms with Gasteiger partial charge in [-0.25, -0.2) is 0 Å². The number of hydrogen-bond acceptors (Lipinski definition) is 3. The van der Waals surface area contributed by atoms with E-state index < -0.39 is 0 Å². The molecule has 0 aliphatic heterocycles. The molecule has 0 spiro atoms. The van der Waals surface area contributed by atoms with Crippen molar-refractivity contribution in [1.82, 2.24) is 5.16 Å². The van der Waals surface area contributed by atoms with Crippen molar-refractivity contribution in [2.24, 2.45) is 0 Å². The molecule has 0 saturated heterocycles. The Bertz CT molecular complexity index is 1880. The molecule has 0 amide bonds. The van der Waals surface area contributed by atoms with Crippen molar-refractivity contribution in [3.05, 3.63) is 109 Å². The van der Waals surface area contributed by atoms with Gasteiger partial charge in [-0.15, -0.1) is 0 Å². The molecule has 0 aliphatic rings. The first-order valence-corrected chi connectivity index (χ1v) is 11.4. The maximum atomic E-state index is 6.44. The van der Waals surface area contributed by atoms with Crippen LogP contribution in [0, 0.1) is 0 Å². The van der Waals surface area contributed by atoms with Gasteiger partial charge in [-0.3, -0.25) is 0 Å². The average Bonchev–Trinajstić information content (AvgIpc) is 3.26. The molecule has 1 heterocycles. The number of anilines is 1. The third-order valence-corrected chi connectivity index (χ3v) is 6.73. The fourth-order valence-electron chi connectivity index (χ4n) is 5.10. The Morgan fingerprint density at radius 3 is 1.56 bits per heavy atom. The van der Waals surface area contributed by atoms with E-state index in [1.807, 2.05) is 0 Å². The van der Waals surface area contributed by atoms with E-state index in [2.05, 4.69) is 114 Å². The summed E-state index contributed by atoms with van der Waals surface area (Å²) in [6, 6.07) is 38.3. The summed E-state index contributed by atoms with van der Waals surface area (Å²) in [4.78, 5) is 0. The minimum absolute atomic E-state index is 0.397. The Labute approximate surface area is 196 Å². The first-order chi connectivity index (χ1) is 16.8. The number of rotatable bonds is 2. The Hall–Kier alpha value is -4.63. The van der Waals surface area contributed by atoms with E-state index in [1.54, 1.807) is 0 Å². The van der Waals surface area contributed by atoms with Crippen LogP contribution in [0.1, 0.15) is 0 Å². The van der Waals surface area contributed by atoms with Gasteiger partial charge in [0.15, 0.2) is 11.6 Å². The number of nitrogens with two attached hydrogens (primary N) is 1. The third-order valence-electron chi connectivity index (χ3n) is 6.73. The zero-order valence-corrected chi connectivity index (χ0v) is 18.3. The first-order valence-electron chi connectivity index (χ1n) is 11.4. The van der Waals surface area contributed by atoms with Gasteiger partial charge in [0.2, 0.25) is 0 Å². The molecule has 6 aromatic carbocycles. The predicted molar refractivity (Wildman–Crippen MR) is 142 cm³/mol. The molecule has 34 heavy (non-hydrogen) atoms. The monoisotopic (exact) mass is 436 g/mol. The van der Waals surface area contributed by atoms with E-state index in [-0.39, 0.29) is 0 Å². The minimum atomic E-state index is 0.397. The molecule has 0 radical (unpaired) electrons. The molecule has 160 valence electrons. The van der Waals surface area contributed by atoms with Crippen molar-refractivity contribution in [2.75, 3.05) is 5.73 Å². The van der Waals surface area contributed by atoms with Gasteiger partial charge in [0.1, 0.15) is 0 Å². The van der Waals surface area contributed by atoms with Crippen LogP contribution in [0.2, 0.25) is 0 Å². The third kappa shape index (κ3) is 2.81. The molecule has 7 rings (SSSR count). The number of fused-ring (bicyclic) bond motifs is 4. The molecular formula is C31H20N2O. The van der Waals surface area contributed by atoms with Crippen LogP contribution in [0.5, 0.6) is 0 Å². The molecule has 7 aromatic rings. The Kier molecular flexibility index (Phi) is 4.00. The maximum absolute atomic E-state index is 6.44. The van der Waals surface area contributed by atoms with Gasteiger partial charge in [0.05, 0.1) is 5.56 Å². The number of aromatic nitrogens is 1. The lowest BCUT2D eigenvalue weighted by Crippen LogP contribution is -1.91. The average molecular weight is 437 g/mol. The van der Waals surface area contributed by atoms with Crippen LogP contribution in [-0.4, -0.2) is 5.16 Å². The SMILES string of the molecule is Nc1noc(-c2cccc3cc4ccccc4cc23)c1-c1cccc2cc3ccccc3cc12. The highest BCUT2D eigenvalue weighted by atomic mass is 16.5. The fraction of sp³-hybridized carbons (Fsp3) is 0. The molecule has 3 nitrogen and oxygen atoms in total. The summed E-state index contributed by atoms with van der Waals surface area (Å²) in [7, 11) is 0. The van der Waals surface area contributed by atoms with Gasteiger partial charge in [0.25, 0.3) is 0 Å². The number of hydrogen-bond donors (Lipinski definition) is 1. The lowest BCUT2D eigenvalue weighted by atomic mass is 9.92. The summed E-state index contributed by atoms with van der Waals surface area (Å²) in [6.07, 6.45) is 0. The maximum Gasteiger partial charge on any atom is 0.177 e. The van der Waals surface area contributed by atoms with E-state index in [0.29, 0.717) is 11.6 Å². The van der Waals surface area contributed by atoms with Crippen molar-refractivity contribution in [1.29, 1.82) is 0 Å². The topological polar surface area (TPSA) is 52.0 Å². The van der Waals surface area contributed by atoms with Crippen molar-refractivity contribution in [2.45, 2.75) is 0 Å². The Balaban J connectivity index is 1.53. The van der Waals surface area contributed by atoms with Gasteiger partial charge < -0.3 is 10.3 Å². The molecule has 0 saturated carbocycles. The highest BCUT2D eigenvalue weighted by molar-refractivity contribution is 6.11. The first kappa shape index (κ1) is 18.9. The minimum Gasteiger partial charge on any atom is -0.380 e. The second-order valence-electron chi connectivity index (χ2n) is 8.72. The molecule has 0 unspecified atom stereocenters. The fourth-order valence-corrected chi connectivity index (χ4v) is 5.10. The van der Waals surface area contributed by atoms with Crippen molar-refractivity contribution in [3.8, 4) is 22.5 Å². The summed E-state index contributed by atoms with van der Waals surface area (Å²) >= 11 is 0. The molecule has 0 bridgehead atoms. The van der Waals surface area contributed by atoms with Crippen molar-refractivity contribution in [3.63, 3.8) is 0 Å². The van der Waals surface area contributed by atoms with Crippen molar-refractivity contribution < 1.29 is 4.52 Å². The van der Waals surface area contributed by atoms with Crippen LogP contribution in [0.3, 0.4) is 0 Å². The molecule has 0 fully saturated rings.